The Morgan fingerprint density at radius 2 is 1.80 bits per heavy atom. The highest BCUT2D eigenvalue weighted by atomic mass is 127. The van der Waals surface area contributed by atoms with Gasteiger partial charge in [0.2, 0.25) is 0 Å². The molecular formula is C9H10I. The van der Waals surface area contributed by atoms with E-state index < -0.39 is 0 Å². The number of halogens is 1. The normalized spacial score (nSPS) is 10.0. The third-order valence-corrected chi connectivity index (χ3v) is 3.02. The van der Waals surface area contributed by atoms with Gasteiger partial charge in [0.25, 0.3) is 0 Å². The van der Waals surface area contributed by atoms with Crippen LogP contribution in [0.3, 0.4) is 0 Å². The van der Waals surface area contributed by atoms with Crippen LogP contribution in [0.25, 0.3) is 0 Å². The zero-order chi connectivity index (χ0) is 7.72. The van der Waals surface area contributed by atoms with E-state index in [1.54, 1.807) is 0 Å². The Kier molecular flexibility index (Phi) is 2.34. The van der Waals surface area contributed by atoms with E-state index in [0.29, 0.717) is 0 Å². The molecule has 0 saturated carbocycles. The molecule has 0 fully saturated rings. The van der Waals surface area contributed by atoms with E-state index in [1.807, 2.05) is 6.07 Å². The molecule has 0 N–H and O–H groups in total. The largest absolute Gasteiger partial charge is 0.0501 e. The van der Waals surface area contributed by atoms with E-state index in [0.717, 1.165) is 0 Å². The number of hydrogen-bond donors (Lipinski definition) is 0. The highest BCUT2D eigenvalue weighted by molar-refractivity contribution is 14.1. The Bertz CT molecular complexity index is 224. The van der Waals surface area contributed by atoms with Crippen molar-refractivity contribution in [2.75, 3.05) is 0 Å². The molecule has 0 aliphatic heterocycles. The fourth-order valence-corrected chi connectivity index (χ4v) is 1.41. The van der Waals surface area contributed by atoms with Crippen molar-refractivity contribution >= 4 is 22.6 Å². The van der Waals surface area contributed by atoms with Crippen molar-refractivity contribution in [3.63, 3.8) is 0 Å². The highest BCUT2D eigenvalue weighted by Crippen LogP contribution is 2.17. The van der Waals surface area contributed by atoms with Gasteiger partial charge in [-0.3, -0.25) is 0 Å². The summed E-state index contributed by atoms with van der Waals surface area (Å²) in [7, 11) is 0. The van der Waals surface area contributed by atoms with Gasteiger partial charge in [0.05, 0.1) is 0 Å². The molecular weight excluding hydrogens is 235 g/mol. The van der Waals surface area contributed by atoms with Crippen LogP contribution in [0.2, 0.25) is 0 Å². The maximum Gasteiger partial charge on any atom is 0.0241 e. The van der Waals surface area contributed by atoms with E-state index in [2.05, 4.69) is 49.4 Å². The Labute approximate surface area is 75.8 Å². The first-order valence-electron chi connectivity index (χ1n) is 3.27. The molecule has 0 atom stereocenters. The average Bonchev–Trinajstić information content (AvgIpc) is 1.93. The number of rotatable bonds is 0. The molecule has 53 valence electrons. The van der Waals surface area contributed by atoms with Gasteiger partial charge in [0.1, 0.15) is 0 Å². The second-order valence-electron chi connectivity index (χ2n) is 2.54. The molecule has 0 aromatic heterocycles. The monoisotopic (exact) mass is 245 g/mol. The second kappa shape index (κ2) is 2.91. The van der Waals surface area contributed by atoms with Crippen molar-refractivity contribution in [2.45, 2.75) is 20.8 Å². The molecule has 10 heavy (non-hydrogen) atoms. The van der Waals surface area contributed by atoms with Gasteiger partial charge < -0.3 is 0 Å². The standard InChI is InChI=1S/C9H10I/c1-6-4-5-9(10)8(3)7(6)2/h4H,1-3H3. The molecule has 0 heterocycles. The molecule has 1 aromatic carbocycles. The summed E-state index contributed by atoms with van der Waals surface area (Å²) in [6.45, 7) is 6.41. The Morgan fingerprint density at radius 3 is 2.30 bits per heavy atom. The maximum absolute atomic E-state index is 3.20. The molecule has 0 aliphatic carbocycles. The minimum atomic E-state index is 1.24. The van der Waals surface area contributed by atoms with E-state index in [9.17, 15) is 0 Å². The van der Waals surface area contributed by atoms with Crippen LogP contribution in [0.15, 0.2) is 6.07 Å². The lowest BCUT2D eigenvalue weighted by atomic mass is 10.1. The van der Waals surface area contributed by atoms with Crippen LogP contribution < -0.4 is 0 Å². The van der Waals surface area contributed by atoms with Crippen molar-refractivity contribution in [3.05, 3.63) is 32.4 Å². The predicted molar refractivity (Wildman–Crippen MR) is 52.2 cm³/mol. The average molecular weight is 245 g/mol. The smallest absolute Gasteiger partial charge is 0.0241 e. The lowest BCUT2D eigenvalue weighted by Crippen LogP contribution is -1.88. The molecule has 1 radical (unpaired) electrons. The number of benzene rings is 1. The van der Waals surface area contributed by atoms with Crippen LogP contribution in [0.4, 0.5) is 0 Å². The summed E-state index contributed by atoms with van der Waals surface area (Å²) in [6, 6.07) is 5.24. The summed E-state index contributed by atoms with van der Waals surface area (Å²) in [5.41, 5.74) is 4.08. The third-order valence-electron chi connectivity index (χ3n) is 1.90. The SMILES string of the molecule is Cc1c[c]c(I)c(C)c1C. The predicted octanol–water partition coefficient (Wildman–Crippen LogP) is 3.02. The Hall–Kier alpha value is -0.0500. The third kappa shape index (κ3) is 1.34. The van der Waals surface area contributed by atoms with Gasteiger partial charge in [0, 0.05) is 3.57 Å². The number of aryl methyl sites for hydroxylation is 1. The molecule has 0 spiro atoms. The summed E-state index contributed by atoms with van der Waals surface area (Å²) < 4.78 is 1.24. The summed E-state index contributed by atoms with van der Waals surface area (Å²) in [5.74, 6) is 0. The molecule has 0 bridgehead atoms. The van der Waals surface area contributed by atoms with E-state index >= 15 is 0 Å². The van der Waals surface area contributed by atoms with E-state index in [1.165, 1.54) is 20.3 Å². The lowest BCUT2D eigenvalue weighted by Gasteiger charge is -2.04. The van der Waals surface area contributed by atoms with Crippen LogP contribution in [0, 0.1) is 30.4 Å². The molecule has 0 unspecified atom stereocenters. The van der Waals surface area contributed by atoms with Gasteiger partial charge in [-0.1, -0.05) is 6.07 Å². The summed E-state index contributed by atoms with van der Waals surface area (Å²) in [6.07, 6.45) is 0. The van der Waals surface area contributed by atoms with E-state index in [4.69, 9.17) is 0 Å². The molecule has 0 amide bonds. The summed E-state index contributed by atoms with van der Waals surface area (Å²) in [4.78, 5) is 0. The van der Waals surface area contributed by atoms with Crippen molar-refractivity contribution in [1.29, 1.82) is 0 Å². The molecule has 0 aliphatic rings. The van der Waals surface area contributed by atoms with Crippen molar-refractivity contribution in [3.8, 4) is 0 Å². The van der Waals surface area contributed by atoms with Gasteiger partial charge >= 0.3 is 0 Å². The van der Waals surface area contributed by atoms with Crippen molar-refractivity contribution in [1.82, 2.24) is 0 Å². The van der Waals surface area contributed by atoms with Crippen LogP contribution >= 0.6 is 22.6 Å². The van der Waals surface area contributed by atoms with Crippen molar-refractivity contribution < 1.29 is 0 Å². The van der Waals surface area contributed by atoms with Crippen LogP contribution in [0.5, 0.6) is 0 Å². The maximum atomic E-state index is 3.20. The van der Waals surface area contributed by atoms with Crippen LogP contribution in [0.1, 0.15) is 16.7 Å². The molecule has 0 nitrogen and oxygen atoms in total. The minimum absolute atomic E-state index is 1.24. The first kappa shape index (κ1) is 8.05. The van der Waals surface area contributed by atoms with E-state index in [-0.39, 0.29) is 0 Å². The van der Waals surface area contributed by atoms with Crippen LogP contribution in [-0.2, 0) is 0 Å². The first-order chi connectivity index (χ1) is 4.63. The lowest BCUT2D eigenvalue weighted by molar-refractivity contribution is 1.24. The fourth-order valence-electron chi connectivity index (χ4n) is 0.848. The van der Waals surface area contributed by atoms with Crippen molar-refractivity contribution in [2.24, 2.45) is 0 Å². The topological polar surface area (TPSA) is 0 Å². The molecule has 1 rings (SSSR count). The number of hydrogen-bond acceptors (Lipinski definition) is 0. The highest BCUT2D eigenvalue weighted by Gasteiger charge is 1.99. The second-order valence-corrected chi connectivity index (χ2v) is 3.61. The van der Waals surface area contributed by atoms with Gasteiger partial charge in [-0.2, -0.15) is 0 Å². The molecule has 1 heteroatoms. The van der Waals surface area contributed by atoms with Gasteiger partial charge in [0.15, 0.2) is 0 Å². The zero-order valence-corrected chi connectivity index (χ0v) is 8.61. The first-order valence-corrected chi connectivity index (χ1v) is 4.35. The fraction of sp³-hybridized carbons (Fsp3) is 0.333. The Balaban J connectivity index is 3.34. The molecule has 0 saturated heterocycles. The summed E-state index contributed by atoms with van der Waals surface area (Å²) in [5, 5.41) is 0. The van der Waals surface area contributed by atoms with Gasteiger partial charge in [-0.15, -0.1) is 0 Å². The van der Waals surface area contributed by atoms with Gasteiger partial charge in [-0.25, -0.2) is 0 Å². The summed E-state index contributed by atoms with van der Waals surface area (Å²) >= 11 is 2.31. The Morgan fingerprint density at radius 1 is 1.20 bits per heavy atom. The van der Waals surface area contributed by atoms with Crippen LogP contribution in [-0.4, -0.2) is 0 Å². The zero-order valence-electron chi connectivity index (χ0n) is 6.46. The minimum Gasteiger partial charge on any atom is -0.0501 e. The molecule has 1 aromatic rings. The van der Waals surface area contributed by atoms with Gasteiger partial charge in [-0.05, 0) is 66.1 Å². The quantitative estimate of drug-likeness (QED) is 0.616.